The Bertz CT molecular complexity index is 553. The molecule has 100 valence electrons. The summed E-state index contributed by atoms with van der Waals surface area (Å²) in [6, 6.07) is 10.4. The molecule has 0 saturated carbocycles. The summed E-state index contributed by atoms with van der Waals surface area (Å²) in [7, 11) is 0. The zero-order valence-electron chi connectivity index (χ0n) is 11.1. The van der Waals surface area contributed by atoms with E-state index in [-0.39, 0.29) is 6.04 Å². The highest BCUT2D eigenvalue weighted by Gasteiger charge is 2.05. The van der Waals surface area contributed by atoms with Crippen molar-refractivity contribution in [2.24, 2.45) is 5.73 Å². The quantitative estimate of drug-likeness (QED) is 0.923. The predicted molar refractivity (Wildman–Crippen MR) is 81.9 cm³/mol. The normalized spacial score (nSPS) is 12.4. The van der Waals surface area contributed by atoms with Crippen LogP contribution in [0.15, 0.2) is 46.5 Å². The van der Waals surface area contributed by atoms with Gasteiger partial charge in [-0.25, -0.2) is 4.98 Å². The first-order valence-corrected chi connectivity index (χ1v) is 7.38. The molecular formula is C15H17ClN2S. The first kappa shape index (κ1) is 14.4. The van der Waals surface area contributed by atoms with E-state index in [1.54, 1.807) is 18.0 Å². The number of hydrogen-bond acceptors (Lipinski definition) is 3. The van der Waals surface area contributed by atoms with Crippen molar-refractivity contribution in [3.05, 3.63) is 52.7 Å². The first-order valence-electron chi connectivity index (χ1n) is 6.19. The molecule has 2 rings (SSSR count). The lowest BCUT2D eigenvalue weighted by atomic mass is 10.1. The summed E-state index contributed by atoms with van der Waals surface area (Å²) in [5.41, 5.74) is 8.35. The second kappa shape index (κ2) is 6.42. The van der Waals surface area contributed by atoms with Crippen LogP contribution in [0.4, 0.5) is 0 Å². The monoisotopic (exact) mass is 292 g/mol. The molecule has 0 fully saturated rings. The summed E-state index contributed by atoms with van der Waals surface area (Å²) < 4.78 is 0. The number of rotatable bonds is 4. The maximum absolute atomic E-state index is 5.83. The average Bonchev–Trinajstić information content (AvgIpc) is 2.34. The molecule has 0 saturated heterocycles. The van der Waals surface area contributed by atoms with Gasteiger partial charge in [0.05, 0.1) is 5.02 Å². The first-order chi connectivity index (χ1) is 9.04. The lowest BCUT2D eigenvalue weighted by molar-refractivity contribution is 0.737. The van der Waals surface area contributed by atoms with Crippen molar-refractivity contribution in [2.75, 3.05) is 0 Å². The molecule has 2 nitrogen and oxygen atoms in total. The lowest BCUT2D eigenvalue weighted by Gasteiger charge is -2.09. The maximum atomic E-state index is 5.83. The van der Waals surface area contributed by atoms with Crippen molar-refractivity contribution >= 4 is 23.4 Å². The van der Waals surface area contributed by atoms with E-state index in [4.69, 9.17) is 17.3 Å². The number of hydrogen-bond donors (Lipinski definition) is 1. The number of nitrogens with two attached hydrogens (primary N) is 1. The van der Waals surface area contributed by atoms with Crippen LogP contribution in [-0.4, -0.2) is 11.0 Å². The largest absolute Gasteiger partial charge is 0.328 e. The third kappa shape index (κ3) is 4.23. The minimum absolute atomic E-state index is 0.191. The molecule has 1 atom stereocenters. The van der Waals surface area contributed by atoms with E-state index in [9.17, 15) is 0 Å². The molecule has 1 aromatic carbocycles. The van der Waals surface area contributed by atoms with E-state index in [0.29, 0.717) is 5.02 Å². The number of halogens is 1. The zero-order chi connectivity index (χ0) is 13.8. The lowest BCUT2D eigenvalue weighted by Crippen LogP contribution is -2.17. The van der Waals surface area contributed by atoms with Crippen molar-refractivity contribution in [1.82, 2.24) is 4.98 Å². The van der Waals surface area contributed by atoms with Crippen LogP contribution in [0.1, 0.15) is 18.1 Å². The minimum Gasteiger partial charge on any atom is -0.328 e. The molecule has 0 aliphatic heterocycles. The Morgan fingerprint density at radius 1 is 1.32 bits per heavy atom. The van der Waals surface area contributed by atoms with Gasteiger partial charge in [0.25, 0.3) is 0 Å². The molecule has 19 heavy (non-hydrogen) atoms. The molecule has 4 heteroatoms. The molecule has 0 radical (unpaired) electrons. The van der Waals surface area contributed by atoms with Crippen LogP contribution in [0.5, 0.6) is 0 Å². The van der Waals surface area contributed by atoms with E-state index in [1.165, 1.54) is 16.0 Å². The summed E-state index contributed by atoms with van der Waals surface area (Å²) in [6.45, 7) is 4.14. The molecule has 0 amide bonds. The van der Waals surface area contributed by atoms with Gasteiger partial charge in [0.15, 0.2) is 0 Å². The Hall–Kier alpha value is -1.03. The van der Waals surface area contributed by atoms with Gasteiger partial charge in [-0.05, 0) is 49.6 Å². The van der Waals surface area contributed by atoms with Crippen LogP contribution in [0.2, 0.25) is 5.02 Å². The molecule has 1 unspecified atom stereocenters. The Balaban J connectivity index is 2.15. The molecule has 0 spiro atoms. The number of nitrogens with zero attached hydrogens (tertiary/aromatic N) is 1. The minimum atomic E-state index is 0.191. The van der Waals surface area contributed by atoms with Gasteiger partial charge in [0.1, 0.15) is 5.03 Å². The highest BCUT2D eigenvalue weighted by atomic mass is 35.5. The summed E-state index contributed by atoms with van der Waals surface area (Å²) in [4.78, 5) is 5.51. The topological polar surface area (TPSA) is 38.9 Å². The number of benzene rings is 1. The second-order valence-corrected chi connectivity index (χ2v) is 6.20. The Labute approximate surface area is 123 Å². The molecule has 0 aliphatic carbocycles. The fourth-order valence-corrected chi connectivity index (χ4v) is 2.79. The highest BCUT2D eigenvalue weighted by molar-refractivity contribution is 7.99. The maximum Gasteiger partial charge on any atom is 0.101 e. The van der Waals surface area contributed by atoms with Gasteiger partial charge < -0.3 is 5.73 Å². The van der Waals surface area contributed by atoms with Crippen molar-refractivity contribution in [3.63, 3.8) is 0 Å². The fraction of sp³-hybridized carbons (Fsp3) is 0.267. The SMILES string of the molecule is Cc1cc(CC(C)N)ccc1Sc1ccc(Cl)cn1. The van der Waals surface area contributed by atoms with Gasteiger partial charge in [-0.2, -0.15) is 0 Å². The molecule has 0 aliphatic rings. The summed E-state index contributed by atoms with van der Waals surface area (Å²) in [5.74, 6) is 0. The standard InChI is InChI=1S/C15H17ClN2S/c1-10-7-12(8-11(2)17)3-5-14(10)19-15-6-4-13(16)9-18-15/h3-7,9,11H,8,17H2,1-2H3. The van der Waals surface area contributed by atoms with Crippen LogP contribution in [-0.2, 0) is 6.42 Å². The highest BCUT2D eigenvalue weighted by Crippen LogP contribution is 2.30. The van der Waals surface area contributed by atoms with E-state index in [0.717, 1.165) is 11.4 Å². The van der Waals surface area contributed by atoms with Gasteiger partial charge >= 0.3 is 0 Å². The van der Waals surface area contributed by atoms with Crippen molar-refractivity contribution in [3.8, 4) is 0 Å². The fourth-order valence-electron chi connectivity index (χ4n) is 1.86. The van der Waals surface area contributed by atoms with E-state index < -0.39 is 0 Å². The predicted octanol–water partition coefficient (Wildman–Crippen LogP) is 4.08. The third-order valence-electron chi connectivity index (χ3n) is 2.71. The summed E-state index contributed by atoms with van der Waals surface area (Å²) >= 11 is 7.48. The van der Waals surface area contributed by atoms with Crippen LogP contribution in [0, 0.1) is 6.92 Å². The Kier molecular flexibility index (Phi) is 4.86. The van der Waals surface area contributed by atoms with Crippen LogP contribution in [0.25, 0.3) is 0 Å². The van der Waals surface area contributed by atoms with Crippen LogP contribution in [0.3, 0.4) is 0 Å². The van der Waals surface area contributed by atoms with Crippen LogP contribution >= 0.6 is 23.4 Å². The molecule has 1 heterocycles. The smallest absolute Gasteiger partial charge is 0.101 e. The van der Waals surface area contributed by atoms with E-state index in [2.05, 4.69) is 30.1 Å². The van der Waals surface area contributed by atoms with Gasteiger partial charge in [0.2, 0.25) is 0 Å². The van der Waals surface area contributed by atoms with Gasteiger partial charge in [-0.15, -0.1) is 0 Å². The molecular weight excluding hydrogens is 276 g/mol. The van der Waals surface area contributed by atoms with Crippen LogP contribution < -0.4 is 5.73 Å². The molecule has 1 aromatic heterocycles. The summed E-state index contributed by atoms with van der Waals surface area (Å²) in [6.07, 6.45) is 2.58. The Morgan fingerprint density at radius 2 is 2.11 bits per heavy atom. The summed E-state index contributed by atoms with van der Waals surface area (Å²) in [5, 5.41) is 1.61. The Morgan fingerprint density at radius 3 is 2.68 bits per heavy atom. The van der Waals surface area contributed by atoms with Gasteiger partial charge in [-0.3, -0.25) is 0 Å². The average molecular weight is 293 g/mol. The van der Waals surface area contributed by atoms with E-state index in [1.807, 2.05) is 19.1 Å². The van der Waals surface area contributed by atoms with Gasteiger partial charge in [-0.1, -0.05) is 35.5 Å². The second-order valence-electron chi connectivity index (χ2n) is 4.70. The van der Waals surface area contributed by atoms with E-state index >= 15 is 0 Å². The number of pyridine rings is 1. The number of aryl methyl sites for hydroxylation is 1. The number of aromatic nitrogens is 1. The van der Waals surface area contributed by atoms with Crippen molar-refractivity contribution < 1.29 is 0 Å². The third-order valence-corrected chi connectivity index (χ3v) is 4.06. The zero-order valence-corrected chi connectivity index (χ0v) is 12.6. The molecule has 0 bridgehead atoms. The molecule has 2 N–H and O–H groups in total. The van der Waals surface area contributed by atoms with Crippen molar-refractivity contribution in [1.29, 1.82) is 0 Å². The van der Waals surface area contributed by atoms with Gasteiger partial charge in [0, 0.05) is 17.1 Å². The van der Waals surface area contributed by atoms with Crippen molar-refractivity contribution in [2.45, 2.75) is 36.2 Å². The molecule has 2 aromatic rings.